The number of hydrogen-bond donors (Lipinski definition) is 0. The van der Waals surface area contributed by atoms with Gasteiger partial charge < -0.3 is 4.74 Å². The summed E-state index contributed by atoms with van der Waals surface area (Å²) in [6.07, 6.45) is 12.8. The van der Waals surface area contributed by atoms with Crippen LogP contribution in [-0.2, 0) is 11.2 Å². The minimum atomic E-state index is -1.11. The van der Waals surface area contributed by atoms with Crippen LogP contribution in [0.3, 0.4) is 0 Å². The van der Waals surface area contributed by atoms with Crippen molar-refractivity contribution in [3.8, 4) is 23.1 Å². The lowest BCUT2D eigenvalue weighted by Gasteiger charge is -2.19. The summed E-state index contributed by atoms with van der Waals surface area (Å²) in [6, 6.07) is 13.7. The molecule has 0 aliphatic heterocycles. The fourth-order valence-corrected chi connectivity index (χ4v) is 3.52. The lowest BCUT2D eigenvalue weighted by atomic mass is 9.86. The van der Waals surface area contributed by atoms with Crippen LogP contribution in [0.1, 0.15) is 84.1 Å². The molecule has 0 bridgehead atoms. The number of aromatic nitrogens is 1. The number of pyridine rings is 1. The second kappa shape index (κ2) is 12.9. The van der Waals surface area contributed by atoms with Crippen LogP contribution >= 0.6 is 0 Å². The molecule has 0 spiro atoms. The topological polar surface area (TPSA) is 63.0 Å². The summed E-state index contributed by atoms with van der Waals surface area (Å²) in [6.45, 7) is 5.99. The number of unbranched alkanes of at least 4 members (excludes halogenated alkanes) is 6. The van der Waals surface area contributed by atoms with Crippen LogP contribution in [0, 0.1) is 16.7 Å². The number of benzene rings is 1. The molecule has 0 aliphatic rings. The Morgan fingerprint density at radius 2 is 1.65 bits per heavy atom. The Hall–Kier alpha value is -2.67. The van der Waals surface area contributed by atoms with E-state index in [9.17, 15) is 10.1 Å². The lowest BCUT2D eigenvalue weighted by molar-refractivity contribution is -0.142. The molecular weight excluding hydrogens is 384 g/mol. The van der Waals surface area contributed by atoms with Crippen molar-refractivity contribution < 1.29 is 9.53 Å². The average molecular weight is 421 g/mol. The van der Waals surface area contributed by atoms with Gasteiger partial charge in [-0.1, -0.05) is 64.9 Å². The minimum Gasteiger partial charge on any atom is -0.425 e. The molecule has 2 rings (SSSR count). The Morgan fingerprint density at radius 3 is 2.26 bits per heavy atom. The van der Waals surface area contributed by atoms with Gasteiger partial charge in [0.1, 0.15) is 5.75 Å². The van der Waals surface area contributed by atoms with Gasteiger partial charge >= 0.3 is 5.97 Å². The summed E-state index contributed by atoms with van der Waals surface area (Å²) in [5.74, 6) is -0.0327. The predicted molar refractivity (Wildman–Crippen MR) is 126 cm³/mol. The Balaban J connectivity index is 1.92. The van der Waals surface area contributed by atoms with E-state index in [1.165, 1.54) is 37.7 Å². The highest BCUT2D eigenvalue weighted by molar-refractivity contribution is 5.81. The molecule has 4 heteroatoms. The lowest BCUT2D eigenvalue weighted by Crippen LogP contribution is -2.30. The number of hydrogen-bond acceptors (Lipinski definition) is 4. The van der Waals surface area contributed by atoms with Gasteiger partial charge in [-0.05, 0) is 62.1 Å². The number of aryl methyl sites for hydroxylation is 1. The standard InChI is InChI=1S/C27H36N2O2/c1-4-6-8-9-10-12-22-13-18-25(29-20-22)23-14-16-24(17-15-23)31-26(30)27(3,21-28)19-11-7-5-2/h13-18,20H,4-12,19H2,1-3H3. The van der Waals surface area contributed by atoms with Crippen molar-refractivity contribution >= 4 is 5.97 Å². The fourth-order valence-electron chi connectivity index (χ4n) is 3.52. The molecule has 4 nitrogen and oxygen atoms in total. The van der Waals surface area contributed by atoms with Crippen molar-refractivity contribution in [1.82, 2.24) is 4.98 Å². The smallest absolute Gasteiger partial charge is 0.331 e. The van der Waals surface area contributed by atoms with Crippen LogP contribution in [0.4, 0.5) is 0 Å². The van der Waals surface area contributed by atoms with Crippen LogP contribution in [0.25, 0.3) is 11.3 Å². The van der Waals surface area contributed by atoms with E-state index >= 15 is 0 Å². The molecule has 1 atom stereocenters. The molecule has 0 N–H and O–H groups in total. The molecule has 1 unspecified atom stereocenters. The Bertz CT molecular complexity index is 837. The SMILES string of the molecule is CCCCCCCc1ccc(-c2ccc(OC(=O)C(C)(C#N)CCCCC)cc2)nc1. The summed E-state index contributed by atoms with van der Waals surface area (Å²) < 4.78 is 5.50. The second-order valence-corrected chi connectivity index (χ2v) is 8.53. The quantitative estimate of drug-likeness (QED) is 0.194. The molecule has 0 saturated heterocycles. The van der Waals surface area contributed by atoms with Crippen molar-refractivity contribution in [3.05, 3.63) is 48.2 Å². The van der Waals surface area contributed by atoms with Gasteiger partial charge in [0, 0.05) is 11.8 Å². The van der Waals surface area contributed by atoms with Gasteiger partial charge in [0.2, 0.25) is 0 Å². The molecule has 31 heavy (non-hydrogen) atoms. The normalized spacial score (nSPS) is 12.7. The van der Waals surface area contributed by atoms with E-state index in [4.69, 9.17) is 4.74 Å². The predicted octanol–water partition coefficient (Wildman–Crippen LogP) is 7.28. The number of esters is 1. The van der Waals surface area contributed by atoms with Gasteiger partial charge in [-0.15, -0.1) is 0 Å². The summed E-state index contributed by atoms with van der Waals surface area (Å²) in [7, 11) is 0. The van der Waals surface area contributed by atoms with E-state index < -0.39 is 11.4 Å². The van der Waals surface area contributed by atoms with Crippen molar-refractivity contribution in [3.63, 3.8) is 0 Å². The number of nitriles is 1. The molecular formula is C27H36N2O2. The molecule has 1 aromatic carbocycles. The summed E-state index contributed by atoms with van der Waals surface area (Å²) in [5, 5.41) is 9.48. The molecule has 0 aliphatic carbocycles. The van der Waals surface area contributed by atoms with Gasteiger partial charge in [-0.2, -0.15) is 5.26 Å². The summed E-state index contributed by atoms with van der Waals surface area (Å²) >= 11 is 0. The maximum atomic E-state index is 12.5. The first-order valence-electron chi connectivity index (χ1n) is 11.7. The maximum Gasteiger partial charge on any atom is 0.331 e. The third kappa shape index (κ3) is 7.83. The van der Waals surface area contributed by atoms with Crippen molar-refractivity contribution in [2.45, 2.75) is 85.0 Å². The second-order valence-electron chi connectivity index (χ2n) is 8.53. The first-order chi connectivity index (χ1) is 15.0. The number of carbonyl (C=O) groups is 1. The minimum absolute atomic E-state index is 0.453. The van der Waals surface area contributed by atoms with Gasteiger partial charge in [-0.25, -0.2) is 4.79 Å². The van der Waals surface area contributed by atoms with Crippen LogP contribution in [0.2, 0.25) is 0 Å². The van der Waals surface area contributed by atoms with Crippen molar-refractivity contribution in [1.29, 1.82) is 5.26 Å². The van der Waals surface area contributed by atoms with Gasteiger partial charge in [0.05, 0.1) is 11.8 Å². The molecule has 1 aromatic heterocycles. The average Bonchev–Trinajstić information content (AvgIpc) is 2.80. The molecule has 0 radical (unpaired) electrons. The van der Waals surface area contributed by atoms with E-state index in [0.717, 1.165) is 36.9 Å². The largest absolute Gasteiger partial charge is 0.425 e. The number of nitrogens with zero attached hydrogens (tertiary/aromatic N) is 2. The first-order valence-corrected chi connectivity index (χ1v) is 11.7. The van der Waals surface area contributed by atoms with Crippen LogP contribution < -0.4 is 4.74 Å². The van der Waals surface area contributed by atoms with Crippen LogP contribution in [-0.4, -0.2) is 11.0 Å². The zero-order valence-electron chi connectivity index (χ0n) is 19.3. The Labute approximate surface area is 187 Å². The molecule has 0 fully saturated rings. The number of rotatable bonds is 13. The Kier molecular flexibility index (Phi) is 10.2. The Morgan fingerprint density at radius 1 is 0.968 bits per heavy atom. The first kappa shape index (κ1) is 24.6. The number of carbonyl (C=O) groups excluding carboxylic acids is 1. The molecule has 0 saturated carbocycles. The zero-order valence-corrected chi connectivity index (χ0v) is 19.3. The molecule has 2 aromatic rings. The highest BCUT2D eigenvalue weighted by atomic mass is 16.5. The highest BCUT2D eigenvalue weighted by Crippen LogP contribution is 2.28. The maximum absolute atomic E-state index is 12.5. The van der Waals surface area contributed by atoms with E-state index in [-0.39, 0.29) is 0 Å². The van der Waals surface area contributed by atoms with Crippen LogP contribution in [0.5, 0.6) is 5.75 Å². The van der Waals surface area contributed by atoms with Gasteiger partial charge in [-0.3, -0.25) is 4.98 Å². The van der Waals surface area contributed by atoms with Crippen molar-refractivity contribution in [2.75, 3.05) is 0 Å². The van der Waals surface area contributed by atoms with Gasteiger partial charge in [0.15, 0.2) is 5.41 Å². The van der Waals surface area contributed by atoms with E-state index in [1.54, 1.807) is 19.1 Å². The summed E-state index contributed by atoms with van der Waals surface area (Å²) in [5.41, 5.74) is 2.03. The third-order valence-electron chi connectivity index (χ3n) is 5.73. The number of ether oxygens (including phenoxy) is 1. The summed E-state index contributed by atoms with van der Waals surface area (Å²) in [4.78, 5) is 17.1. The van der Waals surface area contributed by atoms with Crippen LogP contribution in [0.15, 0.2) is 42.6 Å². The van der Waals surface area contributed by atoms with E-state index in [1.807, 2.05) is 24.4 Å². The van der Waals surface area contributed by atoms with E-state index in [2.05, 4.69) is 31.0 Å². The zero-order chi connectivity index (χ0) is 22.5. The van der Waals surface area contributed by atoms with Gasteiger partial charge in [0.25, 0.3) is 0 Å². The van der Waals surface area contributed by atoms with E-state index in [0.29, 0.717) is 12.2 Å². The molecule has 1 heterocycles. The molecule has 166 valence electrons. The fraction of sp³-hybridized carbons (Fsp3) is 0.519. The third-order valence-corrected chi connectivity index (χ3v) is 5.73. The van der Waals surface area contributed by atoms with Crippen molar-refractivity contribution in [2.24, 2.45) is 5.41 Å². The monoisotopic (exact) mass is 420 g/mol. The highest BCUT2D eigenvalue weighted by Gasteiger charge is 2.35. The molecule has 0 amide bonds.